The Morgan fingerprint density at radius 1 is 1.41 bits per heavy atom. The van der Waals surface area contributed by atoms with Gasteiger partial charge in [-0.25, -0.2) is 4.79 Å². The van der Waals surface area contributed by atoms with Crippen molar-refractivity contribution >= 4 is 5.97 Å². The largest absolute Gasteiger partial charge is 0.457 e. The highest BCUT2D eigenvalue weighted by atomic mass is 16.5. The van der Waals surface area contributed by atoms with Crippen molar-refractivity contribution in [2.75, 3.05) is 6.61 Å². The molecule has 0 radical (unpaired) electrons. The third-order valence-electron chi connectivity index (χ3n) is 2.53. The van der Waals surface area contributed by atoms with Gasteiger partial charge in [-0.15, -0.1) is 0 Å². The molecular weight excluding hydrogens is 218 g/mol. The smallest absolute Gasteiger partial charge is 0.338 e. The van der Waals surface area contributed by atoms with Crippen LogP contribution in [0.2, 0.25) is 0 Å². The molecule has 1 aromatic rings. The molecule has 0 aliphatic carbocycles. The molecule has 0 aliphatic rings. The van der Waals surface area contributed by atoms with Crippen LogP contribution in [0.3, 0.4) is 0 Å². The van der Waals surface area contributed by atoms with Crippen LogP contribution in [-0.2, 0) is 4.74 Å². The van der Waals surface area contributed by atoms with Gasteiger partial charge in [-0.3, -0.25) is 0 Å². The van der Waals surface area contributed by atoms with Gasteiger partial charge < -0.3 is 15.6 Å². The van der Waals surface area contributed by atoms with Crippen molar-refractivity contribution in [2.45, 2.75) is 31.9 Å². The Bertz CT molecular complexity index is 340. The topological polar surface area (TPSA) is 72.5 Å². The number of ether oxygens (including phenoxy) is 1. The fraction of sp³-hybridized carbons (Fsp3) is 0.462. The lowest BCUT2D eigenvalue weighted by atomic mass is 10.1. The van der Waals surface area contributed by atoms with Crippen LogP contribution >= 0.6 is 0 Å². The van der Waals surface area contributed by atoms with Gasteiger partial charge in [-0.1, -0.05) is 31.5 Å². The van der Waals surface area contributed by atoms with Crippen LogP contribution < -0.4 is 5.73 Å². The Morgan fingerprint density at radius 2 is 2.06 bits per heavy atom. The summed E-state index contributed by atoms with van der Waals surface area (Å²) in [5, 5.41) is 9.00. The molecule has 0 unspecified atom stereocenters. The minimum absolute atomic E-state index is 0.188. The highest BCUT2D eigenvalue weighted by Gasteiger charge is 2.21. The summed E-state index contributed by atoms with van der Waals surface area (Å²) in [6.07, 6.45) is 1.07. The molecular formula is C13H19NO3. The van der Waals surface area contributed by atoms with Crippen LogP contribution in [0.1, 0.15) is 30.1 Å². The van der Waals surface area contributed by atoms with Gasteiger partial charge in [0.1, 0.15) is 6.10 Å². The summed E-state index contributed by atoms with van der Waals surface area (Å²) in [4.78, 5) is 11.8. The van der Waals surface area contributed by atoms with Crippen molar-refractivity contribution in [3.05, 3.63) is 35.9 Å². The molecule has 94 valence electrons. The molecule has 1 aromatic carbocycles. The molecule has 3 N–H and O–H groups in total. The van der Waals surface area contributed by atoms with E-state index in [1.807, 2.05) is 13.0 Å². The molecule has 0 spiro atoms. The number of benzene rings is 1. The second kappa shape index (κ2) is 7.04. The number of hydrogen-bond acceptors (Lipinski definition) is 4. The standard InChI is InChI=1S/C13H19NO3/c1-2-6-12(11(14)9-15)17-13(16)10-7-4-3-5-8-10/h3-5,7-8,11-12,15H,2,6,9,14H2,1H3/t11-,12+/m0/s1. The SMILES string of the molecule is CCC[C@@H](OC(=O)c1ccccc1)[C@@H](N)CO. The zero-order valence-corrected chi connectivity index (χ0v) is 10.0. The maximum absolute atomic E-state index is 11.8. The van der Waals surface area contributed by atoms with Crippen LogP contribution in [0, 0.1) is 0 Å². The molecule has 4 heteroatoms. The second-order valence-corrected chi connectivity index (χ2v) is 3.94. The third kappa shape index (κ3) is 4.17. The van der Waals surface area contributed by atoms with Crippen molar-refractivity contribution in [2.24, 2.45) is 5.73 Å². The van der Waals surface area contributed by atoms with Gasteiger partial charge in [0.05, 0.1) is 18.2 Å². The highest BCUT2D eigenvalue weighted by Crippen LogP contribution is 2.10. The normalized spacial score (nSPS) is 14.1. The van der Waals surface area contributed by atoms with Gasteiger partial charge in [0.2, 0.25) is 0 Å². The van der Waals surface area contributed by atoms with Gasteiger partial charge in [-0.05, 0) is 18.6 Å². The predicted octanol–water partition coefficient (Wildman–Crippen LogP) is 1.33. The molecule has 0 saturated heterocycles. The quantitative estimate of drug-likeness (QED) is 0.732. The highest BCUT2D eigenvalue weighted by molar-refractivity contribution is 5.89. The van der Waals surface area contributed by atoms with Crippen LogP contribution in [0.25, 0.3) is 0 Å². The molecule has 17 heavy (non-hydrogen) atoms. The molecule has 0 aromatic heterocycles. The zero-order chi connectivity index (χ0) is 12.7. The number of carbonyl (C=O) groups excluding carboxylic acids is 1. The first kappa shape index (κ1) is 13.7. The van der Waals surface area contributed by atoms with Gasteiger partial charge in [0, 0.05) is 0 Å². The minimum Gasteiger partial charge on any atom is -0.457 e. The van der Waals surface area contributed by atoms with E-state index in [-0.39, 0.29) is 6.61 Å². The molecule has 0 heterocycles. The first-order valence-corrected chi connectivity index (χ1v) is 5.81. The molecule has 2 atom stereocenters. The van der Waals surface area contributed by atoms with E-state index >= 15 is 0 Å². The predicted molar refractivity (Wildman–Crippen MR) is 65.6 cm³/mol. The van der Waals surface area contributed by atoms with Gasteiger partial charge in [-0.2, -0.15) is 0 Å². The second-order valence-electron chi connectivity index (χ2n) is 3.94. The average molecular weight is 237 g/mol. The summed E-state index contributed by atoms with van der Waals surface area (Å²) in [7, 11) is 0. The first-order chi connectivity index (χ1) is 8.19. The summed E-state index contributed by atoms with van der Waals surface area (Å²) in [5.74, 6) is -0.395. The molecule has 0 saturated carbocycles. The monoisotopic (exact) mass is 237 g/mol. The summed E-state index contributed by atoms with van der Waals surface area (Å²) >= 11 is 0. The molecule has 4 nitrogen and oxygen atoms in total. The minimum atomic E-state index is -0.525. The maximum Gasteiger partial charge on any atom is 0.338 e. The van der Waals surface area contributed by atoms with Crippen LogP contribution in [0.5, 0.6) is 0 Å². The van der Waals surface area contributed by atoms with Gasteiger partial charge in [0.15, 0.2) is 0 Å². The molecule has 0 amide bonds. The third-order valence-corrected chi connectivity index (χ3v) is 2.53. The number of nitrogens with two attached hydrogens (primary N) is 1. The maximum atomic E-state index is 11.8. The Morgan fingerprint density at radius 3 is 2.59 bits per heavy atom. The summed E-state index contributed by atoms with van der Waals surface area (Å²) in [6, 6.07) is 8.24. The molecule has 1 rings (SSSR count). The fourth-order valence-corrected chi connectivity index (χ4v) is 1.54. The van der Waals surface area contributed by atoms with Crippen LogP contribution in [0.15, 0.2) is 30.3 Å². The van der Waals surface area contributed by atoms with Crippen molar-refractivity contribution < 1.29 is 14.6 Å². The molecule has 0 aliphatic heterocycles. The average Bonchev–Trinajstić information content (AvgIpc) is 2.38. The number of hydrogen-bond donors (Lipinski definition) is 2. The summed E-state index contributed by atoms with van der Waals surface area (Å²) in [5.41, 5.74) is 6.20. The van der Waals surface area contributed by atoms with E-state index in [0.29, 0.717) is 12.0 Å². The Labute approximate surface area is 101 Å². The molecule has 0 fully saturated rings. The lowest BCUT2D eigenvalue weighted by Gasteiger charge is -2.22. The van der Waals surface area contributed by atoms with Crippen LogP contribution in [-0.4, -0.2) is 29.8 Å². The molecule has 0 bridgehead atoms. The van der Waals surface area contributed by atoms with E-state index in [1.54, 1.807) is 24.3 Å². The summed E-state index contributed by atoms with van der Waals surface area (Å²) < 4.78 is 5.31. The Hall–Kier alpha value is -1.39. The zero-order valence-electron chi connectivity index (χ0n) is 10.0. The van der Waals surface area contributed by atoms with E-state index in [1.165, 1.54) is 0 Å². The fourth-order valence-electron chi connectivity index (χ4n) is 1.54. The van der Waals surface area contributed by atoms with Crippen molar-refractivity contribution in [1.29, 1.82) is 0 Å². The number of rotatable bonds is 6. The van der Waals surface area contributed by atoms with Crippen molar-refractivity contribution in [3.63, 3.8) is 0 Å². The van der Waals surface area contributed by atoms with Crippen molar-refractivity contribution in [3.8, 4) is 0 Å². The number of aliphatic hydroxyl groups is 1. The number of carbonyl (C=O) groups is 1. The van der Waals surface area contributed by atoms with E-state index in [9.17, 15) is 4.79 Å². The Kier molecular flexibility index (Phi) is 5.66. The Balaban J connectivity index is 2.64. The van der Waals surface area contributed by atoms with E-state index < -0.39 is 18.1 Å². The van der Waals surface area contributed by atoms with E-state index in [4.69, 9.17) is 15.6 Å². The lowest BCUT2D eigenvalue weighted by Crippen LogP contribution is -2.40. The number of esters is 1. The summed E-state index contributed by atoms with van der Waals surface area (Å²) in [6.45, 7) is 1.79. The van der Waals surface area contributed by atoms with Crippen LogP contribution in [0.4, 0.5) is 0 Å². The van der Waals surface area contributed by atoms with E-state index in [2.05, 4.69) is 0 Å². The van der Waals surface area contributed by atoms with Gasteiger partial charge in [0.25, 0.3) is 0 Å². The lowest BCUT2D eigenvalue weighted by molar-refractivity contribution is 0.0155. The van der Waals surface area contributed by atoms with Gasteiger partial charge >= 0.3 is 5.97 Å². The van der Waals surface area contributed by atoms with E-state index in [0.717, 1.165) is 6.42 Å². The number of aliphatic hydroxyl groups excluding tert-OH is 1. The van der Waals surface area contributed by atoms with Crippen molar-refractivity contribution in [1.82, 2.24) is 0 Å². The first-order valence-electron chi connectivity index (χ1n) is 5.81.